The van der Waals surface area contributed by atoms with Crippen LogP contribution >= 0.6 is 0 Å². The number of amides is 1. The Balaban J connectivity index is 1.23. The number of piperazine rings is 1. The van der Waals surface area contributed by atoms with Crippen LogP contribution in [0.25, 0.3) is 5.69 Å². The van der Waals surface area contributed by atoms with Crippen molar-refractivity contribution in [2.24, 2.45) is 0 Å². The molecule has 3 N–H and O–H groups in total. The monoisotopic (exact) mass is 576 g/mol. The zero-order chi connectivity index (χ0) is 29.8. The Bertz CT molecular complexity index is 1520. The fraction of sp³-hybridized carbons (Fsp3) is 0.355. The third-order valence-corrected chi connectivity index (χ3v) is 7.95. The number of aromatic nitrogens is 1. The van der Waals surface area contributed by atoms with Gasteiger partial charge >= 0.3 is 12.1 Å². The summed E-state index contributed by atoms with van der Waals surface area (Å²) < 4.78 is 20.1. The lowest BCUT2D eigenvalue weighted by molar-refractivity contribution is -0.145. The maximum Gasteiger partial charge on any atom is 0.410 e. The third kappa shape index (κ3) is 6.36. The van der Waals surface area contributed by atoms with Crippen LogP contribution in [0.2, 0.25) is 0 Å². The molecular weight excluding hydrogens is 543 g/mol. The first-order chi connectivity index (χ1) is 20.2. The van der Waals surface area contributed by atoms with Gasteiger partial charge in [0.05, 0.1) is 11.3 Å². The number of halogens is 1. The number of carbonyl (C=O) groups is 3. The topological polar surface area (TPSA) is 135 Å². The van der Waals surface area contributed by atoms with Crippen LogP contribution in [0.1, 0.15) is 47.2 Å². The minimum absolute atomic E-state index is 0.0198. The Morgan fingerprint density at radius 1 is 0.952 bits per heavy atom. The van der Waals surface area contributed by atoms with Gasteiger partial charge < -0.3 is 15.6 Å². The van der Waals surface area contributed by atoms with Gasteiger partial charge in [0.25, 0.3) is 5.56 Å². The summed E-state index contributed by atoms with van der Waals surface area (Å²) in [5.41, 5.74) is 7.69. The number of hydrogen-bond acceptors (Lipinski definition) is 7. The molecule has 1 amide bonds. The molecule has 0 spiro atoms. The first-order valence-electron chi connectivity index (χ1n) is 14.0. The van der Waals surface area contributed by atoms with Gasteiger partial charge in [0, 0.05) is 37.8 Å². The van der Waals surface area contributed by atoms with Crippen molar-refractivity contribution < 1.29 is 28.6 Å². The molecule has 220 valence electrons. The average Bonchev–Trinajstić information content (AvgIpc) is 3.50. The van der Waals surface area contributed by atoms with Gasteiger partial charge in [-0.05, 0) is 80.1 Å². The van der Waals surface area contributed by atoms with Crippen molar-refractivity contribution in [1.82, 2.24) is 14.4 Å². The van der Waals surface area contributed by atoms with Gasteiger partial charge in [-0.1, -0.05) is 12.1 Å². The van der Waals surface area contributed by atoms with E-state index in [2.05, 4.69) is 0 Å². The van der Waals surface area contributed by atoms with Crippen molar-refractivity contribution >= 4 is 23.7 Å². The molecule has 0 bridgehead atoms. The second-order valence-electron chi connectivity index (χ2n) is 10.7. The highest BCUT2D eigenvalue weighted by atomic mass is 19.1. The van der Waals surface area contributed by atoms with E-state index in [0.29, 0.717) is 25.2 Å². The summed E-state index contributed by atoms with van der Waals surface area (Å²) in [6, 6.07) is 13.9. The molecule has 1 aromatic heterocycles. The maximum absolute atomic E-state index is 13.3. The molecule has 0 radical (unpaired) electrons. The van der Waals surface area contributed by atoms with Crippen LogP contribution in [0.15, 0.2) is 65.5 Å². The molecule has 42 heavy (non-hydrogen) atoms. The Hall–Kier alpha value is -4.51. The molecule has 11 heteroatoms. The highest BCUT2D eigenvalue weighted by Crippen LogP contribution is 2.23. The molecule has 1 saturated carbocycles. The van der Waals surface area contributed by atoms with Crippen LogP contribution in [-0.2, 0) is 16.0 Å². The number of carboxylic acid groups (broad SMARTS) is 1. The number of ether oxygens (including phenoxy) is 1. The predicted octanol–water partition coefficient (Wildman–Crippen LogP) is 3.48. The van der Waals surface area contributed by atoms with E-state index in [4.69, 9.17) is 10.5 Å². The average molecular weight is 577 g/mol. The number of aliphatic carboxylic acids is 1. The van der Waals surface area contributed by atoms with Gasteiger partial charge in [0.15, 0.2) is 5.78 Å². The zero-order valence-electron chi connectivity index (χ0n) is 23.1. The van der Waals surface area contributed by atoms with Crippen molar-refractivity contribution in [2.75, 3.05) is 31.9 Å². The molecule has 5 rings (SSSR count). The van der Waals surface area contributed by atoms with E-state index in [1.807, 2.05) is 17.0 Å². The van der Waals surface area contributed by atoms with Crippen LogP contribution < -0.4 is 11.3 Å². The largest absolute Gasteiger partial charge is 0.480 e. The Kier molecular flexibility index (Phi) is 8.67. The molecule has 1 saturated heterocycles. The van der Waals surface area contributed by atoms with Gasteiger partial charge in [0.1, 0.15) is 23.8 Å². The second kappa shape index (κ2) is 12.6. The van der Waals surface area contributed by atoms with Crippen molar-refractivity contribution in [2.45, 2.75) is 44.2 Å². The molecule has 2 aromatic carbocycles. The summed E-state index contributed by atoms with van der Waals surface area (Å²) in [6.45, 7) is 1.59. The normalized spacial score (nSPS) is 17.7. The Labute approximate surface area is 242 Å². The summed E-state index contributed by atoms with van der Waals surface area (Å²) in [6.07, 6.45) is 3.61. The number of nitrogens with zero attached hydrogens (tertiary/aromatic N) is 3. The van der Waals surface area contributed by atoms with Gasteiger partial charge in [-0.25, -0.2) is 14.0 Å². The fourth-order valence-electron chi connectivity index (χ4n) is 5.56. The molecule has 2 heterocycles. The molecule has 2 fully saturated rings. The number of rotatable bonds is 8. The van der Waals surface area contributed by atoms with Crippen LogP contribution in [0, 0.1) is 5.82 Å². The summed E-state index contributed by atoms with van der Waals surface area (Å²) >= 11 is 0. The SMILES string of the molecule is Nc1c(C(=O)c2ccc(F)cc2)ccc(=O)n1-c1ccc(CCN2CCN(C(=O)OC3CCCC3)C(C(=O)O)C2)cc1. The third-order valence-electron chi connectivity index (χ3n) is 7.95. The molecular formula is C31H33FN4O6. The summed E-state index contributed by atoms with van der Waals surface area (Å²) in [5.74, 6) is -1.97. The number of nitrogen functional groups attached to an aromatic ring is 1. The minimum Gasteiger partial charge on any atom is -0.480 e. The zero-order valence-corrected chi connectivity index (χ0v) is 23.1. The van der Waals surface area contributed by atoms with E-state index in [9.17, 15) is 28.7 Å². The highest BCUT2D eigenvalue weighted by Gasteiger charge is 2.37. The van der Waals surface area contributed by atoms with Crippen LogP contribution in [0.4, 0.5) is 15.0 Å². The van der Waals surface area contributed by atoms with E-state index in [1.54, 1.807) is 12.1 Å². The molecule has 2 aliphatic rings. The summed E-state index contributed by atoms with van der Waals surface area (Å²) in [7, 11) is 0. The van der Waals surface area contributed by atoms with Gasteiger partial charge in [-0.3, -0.25) is 24.0 Å². The number of nitrogens with two attached hydrogens (primary N) is 1. The van der Waals surface area contributed by atoms with Crippen molar-refractivity contribution in [3.8, 4) is 5.69 Å². The van der Waals surface area contributed by atoms with Crippen LogP contribution in [0.5, 0.6) is 0 Å². The van der Waals surface area contributed by atoms with Gasteiger partial charge in [-0.15, -0.1) is 0 Å². The van der Waals surface area contributed by atoms with Crippen LogP contribution in [0.3, 0.4) is 0 Å². The van der Waals surface area contributed by atoms with Crippen LogP contribution in [-0.4, -0.2) is 75.6 Å². The van der Waals surface area contributed by atoms with Crippen molar-refractivity contribution in [3.63, 3.8) is 0 Å². The molecule has 1 aliphatic carbocycles. The number of pyridine rings is 1. The summed E-state index contributed by atoms with van der Waals surface area (Å²) in [4.78, 5) is 53.6. The number of anilines is 1. The van der Waals surface area contributed by atoms with E-state index in [1.165, 1.54) is 45.9 Å². The lowest BCUT2D eigenvalue weighted by Gasteiger charge is -2.39. The quantitative estimate of drug-likeness (QED) is 0.389. The second-order valence-corrected chi connectivity index (χ2v) is 10.7. The minimum atomic E-state index is -1.06. The van der Waals surface area contributed by atoms with Crippen molar-refractivity contribution in [1.29, 1.82) is 0 Å². The molecule has 1 unspecified atom stereocenters. The number of ketones is 1. The van der Waals surface area contributed by atoms with Crippen molar-refractivity contribution in [3.05, 3.63) is 93.5 Å². The Morgan fingerprint density at radius 2 is 1.64 bits per heavy atom. The number of hydrogen-bond donors (Lipinski definition) is 2. The highest BCUT2D eigenvalue weighted by molar-refractivity contribution is 6.11. The fourth-order valence-corrected chi connectivity index (χ4v) is 5.56. The summed E-state index contributed by atoms with van der Waals surface area (Å²) in [5, 5.41) is 9.78. The van der Waals surface area contributed by atoms with E-state index >= 15 is 0 Å². The molecule has 1 aliphatic heterocycles. The lowest BCUT2D eigenvalue weighted by atomic mass is 10.0. The lowest BCUT2D eigenvalue weighted by Crippen LogP contribution is -2.58. The number of carbonyl (C=O) groups excluding carboxylic acids is 2. The van der Waals surface area contributed by atoms with Gasteiger partial charge in [0.2, 0.25) is 0 Å². The van der Waals surface area contributed by atoms with E-state index < -0.39 is 35.3 Å². The maximum atomic E-state index is 13.3. The molecule has 3 aromatic rings. The standard InChI is InChI=1S/C31H33FN4O6/c32-22-9-7-21(8-10-22)28(38)25-13-14-27(37)36(29(25)33)23-11-5-20(6-12-23)15-16-34-17-18-35(26(19-34)30(39)40)31(41)42-24-3-1-2-4-24/h5-14,24,26H,1-4,15-19,33H2,(H,39,40). The van der Waals surface area contributed by atoms with Gasteiger partial charge in [-0.2, -0.15) is 0 Å². The molecule has 1 atom stereocenters. The first-order valence-corrected chi connectivity index (χ1v) is 14.0. The first kappa shape index (κ1) is 29.0. The van der Waals surface area contributed by atoms with E-state index in [0.717, 1.165) is 31.2 Å². The number of carboxylic acids is 1. The Morgan fingerprint density at radius 3 is 2.31 bits per heavy atom. The number of benzene rings is 2. The predicted molar refractivity (Wildman–Crippen MR) is 153 cm³/mol. The molecule has 10 nitrogen and oxygen atoms in total. The smallest absolute Gasteiger partial charge is 0.410 e. The van der Waals surface area contributed by atoms with E-state index in [-0.39, 0.29) is 36.1 Å².